The van der Waals surface area contributed by atoms with Crippen molar-refractivity contribution in [3.63, 3.8) is 0 Å². The monoisotopic (exact) mass is 341 g/mol. The Balaban J connectivity index is 0.00000264. The first-order chi connectivity index (χ1) is 10.6. The summed E-state index contributed by atoms with van der Waals surface area (Å²) in [6.45, 7) is 7.12. The molecule has 128 valence electrons. The maximum atomic E-state index is 5.69. The van der Waals surface area contributed by atoms with E-state index >= 15 is 0 Å². The van der Waals surface area contributed by atoms with Crippen LogP contribution in [0, 0.1) is 6.92 Å². The largest absolute Gasteiger partial charge is 0.493 e. The molecule has 0 aliphatic heterocycles. The molecule has 0 amide bonds. The summed E-state index contributed by atoms with van der Waals surface area (Å²) in [5.41, 5.74) is 1.15. The minimum Gasteiger partial charge on any atom is -0.493 e. The number of benzene rings is 1. The highest BCUT2D eigenvalue weighted by Gasteiger charge is 2.09. The Kier molecular flexibility index (Phi) is 7.85. The molecule has 0 fully saturated rings. The summed E-state index contributed by atoms with van der Waals surface area (Å²) in [4.78, 5) is 4.10. The lowest BCUT2D eigenvalue weighted by molar-refractivity contribution is 0.233. The lowest BCUT2D eigenvalue weighted by Crippen LogP contribution is -2.24. The molecule has 0 radical (unpaired) electrons. The van der Waals surface area contributed by atoms with Crippen LogP contribution in [0.4, 0.5) is 0 Å². The molecule has 7 heteroatoms. The molecule has 0 spiro atoms. The molecule has 0 saturated carbocycles. The van der Waals surface area contributed by atoms with Crippen LogP contribution in [0.5, 0.6) is 11.5 Å². The zero-order valence-corrected chi connectivity index (χ0v) is 14.8. The van der Waals surface area contributed by atoms with Crippen molar-refractivity contribution in [3.8, 4) is 11.5 Å². The Hall–Kier alpha value is -1.79. The molecule has 1 unspecified atom stereocenters. The first kappa shape index (κ1) is 19.3. The van der Waals surface area contributed by atoms with Crippen LogP contribution >= 0.6 is 12.4 Å². The number of nitrogens with one attached hydrogen (secondary N) is 1. The second kappa shape index (κ2) is 9.37. The van der Waals surface area contributed by atoms with Crippen molar-refractivity contribution >= 4 is 12.4 Å². The van der Waals surface area contributed by atoms with Crippen molar-refractivity contribution < 1.29 is 14.0 Å². The third-order valence-electron chi connectivity index (χ3n) is 3.42. The predicted octanol–water partition coefficient (Wildman–Crippen LogP) is 3.28. The zero-order valence-electron chi connectivity index (χ0n) is 14.0. The van der Waals surface area contributed by atoms with E-state index in [0.29, 0.717) is 29.3 Å². The Labute approximate surface area is 143 Å². The summed E-state index contributed by atoms with van der Waals surface area (Å²) in [5, 5.41) is 7.18. The predicted molar refractivity (Wildman–Crippen MR) is 90.2 cm³/mol. The molecule has 2 aromatic rings. The van der Waals surface area contributed by atoms with Gasteiger partial charge < -0.3 is 19.3 Å². The third-order valence-corrected chi connectivity index (χ3v) is 3.42. The van der Waals surface area contributed by atoms with E-state index in [1.54, 1.807) is 14.0 Å². The van der Waals surface area contributed by atoms with Crippen molar-refractivity contribution in [3.05, 3.63) is 35.5 Å². The molecule has 1 aromatic carbocycles. The van der Waals surface area contributed by atoms with Crippen molar-refractivity contribution in [1.82, 2.24) is 15.5 Å². The second-order valence-electron chi connectivity index (χ2n) is 5.20. The third kappa shape index (κ3) is 5.73. The smallest absolute Gasteiger partial charge is 0.264 e. The van der Waals surface area contributed by atoms with Gasteiger partial charge in [-0.2, -0.15) is 4.98 Å². The number of rotatable bonds is 8. The number of methoxy groups -OCH3 is 1. The van der Waals surface area contributed by atoms with Crippen molar-refractivity contribution in [1.29, 1.82) is 0 Å². The van der Waals surface area contributed by atoms with Gasteiger partial charge >= 0.3 is 0 Å². The number of ether oxygens (including phenoxy) is 2. The van der Waals surface area contributed by atoms with Crippen LogP contribution in [0.15, 0.2) is 22.7 Å². The van der Waals surface area contributed by atoms with E-state index in [2.05, 4.69) is 29.3 Å². The molecule has 2 rings (SSSR count). The first-order valence-electron chi connectivity index (χ1n) is 7.44. The van der Waals surface area contributed by atoms with Crippen LogP contribution < -0.4 is 14.8 Å². The molecule has 0 aliphatic carbocycles. The molecular formula is C16H24ClN3O3. The van der Waals surface area contributed by atoms with Gasteiger partial charge in [0.2, 0.25) is 0 Å². The van der Waals surface area contributed by atoms with E-state index in [1.807, 2.05) is 18.2 Å². The number of hydrogen-bond donors (Lipinski definition) is 1. The maximum absolute atomic E-state index is 5.69. The van der Waals surface area contributed by atoms with E-state index in [-0.39, 0.29) is 19.0 Å². The van der Waals surface area contributed by atoms with E-state index in [1.165, 1.54) is 0 Å². The van der Waals surface area contributed by atoms with E-state index < -0.39 is 0 Å². The van der Waals surface area contributed by atoms with Gasteiger partial charge in [-0.25, -0.2) is 0 Å². The van der Waals surface area contributed by atoms with Crippen LogP contribution in [-0.2, 0) is 13.2 Å². The fourth-order valence-corrected chi connectivity index (χ4v) is 1.92. The topological polar surface area (TPSA) is 69.4 Å². The second-order valence-corrected chi connectivity index (χ2v) is 5.20. The van der Waals surface area contributed by atoms with E-state index in [4.69, 9.17) is 14.0 Å². The van der Waals surface area contributed by atoms with Crippen LogP contribution in [0.25, 0.3) is 0 Å². The highest BCUT2D eigenvalue weighted by Crippen LogP contribution is 2.28. The lowest BCUT2D eigenvalue weighted by atomic mass is 10.1. The molecule has 1 aromatic heterocycles. The fourth-order valence-electron chi connectivity index (χ4n) is 1.92. The molecular weight excluding hydrogens is 318 g/mol. The number of aromatic nitrogens is 2. The first-order valence-corrected chi connectivity index (χ1v) is 7.44. The highest BCUT2D eigenvalue weighted by atomic mass is 35.5. The average Bonchev–Trinajstić information content (AvgIpc) is 2.96. The summed E-state index contributed by atoms with van der Waals surface area (Å²) >= 11 is 0. The van der Waals surface area contributed by atoms with Gasteiger partial charge in [0, 0.05) is 12.6 Å². The van der Waals surface area contributed by atoms with Gasteiger partial charge in [-0.1, -0.05) is 18.1 Å². The molecule has 1 atom stereocenters. The van der Waals surface area contributed by atoms with Crippen molar-refractivity contribution in [2.24, 2.45) is 0 Å². The molecule has 0 saturated heterocycles. The van der Waals surface area contributed by atoms with Crippen LogP contribution in [0.2, 0.25) is 0 Å². The minimum absolute atomic E-state index is 0. The fraction of sp³-hybridized carbons (Fsp3) is 0.500. The van der Waals surface area contributed by atoms with Crippen LogP contribution in [0.3, 0.4) is 0 Å². The molecule has 6 nitrogen and oxygen atoms in total. The van der Waals surface area contributed by atoms with Crippen molar-refractivity contribution in [2.75, 3.05) is 7.11 Å². The van der Waals surface area contributed by atoms with Gasteiger partial charge in [0.1, 0.15) is 0 Å². The highest BCUT2D eigenvalue weighted by molar-refractivity contribution is 5.85. The number of hydrogen-bond acceptors (Lipinski definition) is 6. The number of halogens is 1. The van der Waals surface area contributed by atoms with Gasteiger partial charge in [0.05, 0.1) is 7.11 Å². The van der Waals surface area contributed by atoms with E-state index in [9.17, 15) is 0 Å². The quantitative estimate of drug-likeness (QED) is 0.794. The number of nitrogens with zero attached hydrogens (tertiary/aromatic N) is 2. The zero-order chi connectivity index (χ0) is 15.9. The Morgan fingerprint density at radius 2 is 2.09 bits per heavy atom. The average molecular weight is 342 g/mol. The van der Waals surface area contributed by atoms with Gasteiger partial charge in [0.15, 0.2) is 23.9 Å². The normalized spacial score (nSPS) is 11.7. The van der Waals surface area contributed by atoms with Gasteiger partial charge in [-0.05, 0) is 38.0 Å². The summed E-state index contributed by atoms with van der Waals surface area (Å²) in [7, 11) is 1.63. The molecule has 23 heavy (non-hydrogen) atoms. The van der Waals surface area contributed by atoms with Gasteiger partial charge in [0.25, 0.3) is 5.89 Å². The summed E-state index contributed by atoms with van der Waals surface area (Å²) in [6, 6.07) is 6.38. The summed E-state index contributed by atoms with van der Waals surface area (Å²) in [6.07, 6.45) is 1.10. The lowest BCUT2D eigenvalue weighted by Gasteiger charge is -2.14. The molecule has 0 bridgehead atoms. The van der Waals surface area contributed by atoms with E-state index in [0.717, 1.165) is 18.5 Å². The van der Waals surface area contributed by atoms with Crippen LogP contribution in [-0.4, -0.2) is 23.3 Å². The SMILES string of the molecule is CCC(C)NCc1ccc(OCc2nc(C)no2)c(OC)c1.Cl. The molecule has 1 heterocycles. The standard InChI is InChI=1S/C16H23N3O3.ClH/c1-5-11(2)17-9-13-6-7-14(15(8-13)20-4)21-10-16-18-12(3)19-22-16;/h6-8,11,17H,5,9-10H2,1-4H3;1H. The molecule has 0 aliphatic rings. The van der Waals surface area contributed by atoms with Gasteiger partial charge in [-0.3, -0.25) is 0 Å². The maximum Gasteiger partial charge on any atom is 0.264 e. The summed E-state index contributed by atoms with van der Waals surface area (Å²) < 4.78 is 16.1. The summed E-state index contributed by atoms with van der Waals surface area (Å²) in [5.74, 6) is 2.39. The Morgan fingerprint density at radius 3 is 2.70 bits per heavy atom. The van der Waals surface area contributed by atoms with Crippen LogP contribution in [0.1, 0.15) is 37.5 Å². The van der Waals surface area contributed by atoms with Crippen molar-refractivity contribution in [2.45, 2.75) is 46.4 Å². The van der Waals surface area contributed by atoms with Gasteiger partial charge in [-0.15, -0.1) is 12.4 Å². The minimum atomic E-state index is 0. The Morgan fingerprint density at radius 1 is 1.30 bits per heavy atom. The number of aryl methyl sites for hydroxylation is 1. The Bertz CT molecular complexity index is 604. The molecule has 1 N–H and O–H groups in total.